The molecule has 0 radical (unpaired) electrons. The van der Waals surface area contributed by atoms with Gasteiger partial charge in [0, 0.05) is 13.5 Å². The lowest BCUT2D eigenvalue weighted by atomic mass is 10.1. The third-order valence-corrected chi connectivity index (χ3v) is 6.58. The molecule has 1 aliphatic heterocycles. The molecule has 2 aromatic carbocycles. The molecule has 2 heterocycles. The van der Waals surface area contributed by atoms with Gasteiger partial charge in [-0.15, -0.1) is 5.10 Å². The van der Waals surface area contributed by atoms with E-state index < -0.39 is 10.0 Å². The summed E-state index contributed by atoms with van der Waals surface area (Å²) in [7, 11) is -2.12. The van der Waals surface area contributed by atoms with Crippen LogP contribution in [0.3, 0.4) is 0 Å². The van der Waals surface area contributed by atoms with Crippen LogP contribution in [0.5, 0.6) is 0 Å². The van der Waals surface area contributed by atoms with Gasteiger partial charge in [0.1, 0.15) is 5.82 Å². The number of carbonyl (C=O) groups excluding carboxylic acids is 1. The Hall–Kier alpha value is -3.63. The van der Waals surface area contributed by atoms with Crippen LogP contribution in [0, 0.1) is 0 Å². The summed E-state index contributed by atoms with van der Waals surface area (Å²) in [5.74, 6) is 0.296. The molecule has 0 bridgehead atoms. The molecule has 35 heavy (non-hydrogen) atoms. The number of carbonyl (C=O) groups is 1. The van der Waals surface area contributed by atoms with Crippen molar-refractivity contribution in [1.82, 2.24) is 19.7 Å². The molecule has 0 aliphatic carbocycles. The van der Waals surface area contributed by atoms with Gasteiger partial charge in [0.25, 0.3) is 5.91 Å². The van der Waals surface area contributed by atoms with Crippen molar-refractivity contribution in [2.45, 2.75) is 31.1 Å². The number of nitrogens with two attached hydrogens (primary N) is 1. The van der Waals surface area contributed by atoms with E-state index in [1.807, 2.05) is 30.3 Å². The molecule has 0 saturated carbocycles. The smallest absolute Gasteiger partial charge is 0.293 e. The van der Waals surface area contributed by atoms with Gasteiger partial charge in [-0.2, -0.15) is 0 Å². The predicted octanol–water partition coefficient (Wildman–Crippen LogP) is 2.76. The Morgan fingerprint density at radius 3 is 2.49 bits per heavy atom. The van der Waals surface area contributed by atoms with Gasteiger partial charge in [0.2, 0.25) is 15.8 Å². The summed E-state index contributed by atoms with van der Waals surface area (Å²) in [5.41, 5.74) is 3.72. The van der Waals surface area contributed by atoms with Gasteiger partial charge in [-0.25, -0.2) is 23.2 Å². The Kier molecular flexibility index (Phi) is 7.23. The van der Waals surface area contributed by atoms with E-state index in [-0.39, 0.29) is 16.6 Å². The molecule has 4 rings (SSSR count). The first-order valence-corrected chi connectivity index (χ1v) is 12.9. The molecule has 1 aliphatic rings. The number of aliphatic imine (C=N–C) groups is 1. The van der Waals surface area contributed by atoms with Crippen LogP contribution in [0.4, 0.5) is 0 Å². The molecule has 0 spiro atoms. The van der Waals surface area contributed by atoms with Crippen molar-refractivity contribution in [2.24, 2.45) is 10.1 Å². The summed E-state index contributed by atoms with van der Waals surface area (Å²) >= 11 is 0. The third-order valence-electron chi connectivity index (χ3n) is 5.65. The van der Waals surface area contributed by atoms with Crippen LogP contribution in [0.25, 0.3) is 5.69 Å². The van der Waals surface area contributed by atoms with Gasteiger partial charge in [-0.3, -0.25) is 9.79 Å². The Morgan fingerprint density at radius 1 is 1.11 bits per heavy atom. The van der Waals surface area contributed by atoms with Crippen molar-refractivity contribution in [2.75, 3.05) is 20.1 Å². The van der Waals surface area contributed by atoms with Crippen LogP contribution in [-0.4, -0.2) is 59.8 Å². The number of hydrogen-bond donors (Lipinski definition) is 1. The largest absolute Gasteiger partial charge is 0.333 e. The molecule has 3 aromatic rings. The molecule has 1 amide bonds. The van der Waals surface area contributed by atoms with Crippen LogP contribution >= 0.6 is 0 Å². The molecular weight excluding hydrogens is 464 g/mol. The molecule has 182 valence electrons. The molecule has 10 heteroatoms. The van der Waals surface area contributed by atoms with Crippen LogP contribution in [-0.2, 0) is 16.4 Å². The Balaban J connectivity index is 1.62. The fraction of sp³-hybridized carbons (Fsp3) is 0.280. The lowest BCUT2D eigenvalue weighted by molar-refractivity contribution is 0.0803. The number of benzene rings is 2. The fourth-order valence-corrected chi connectivity index (χ4v) is 4.41. The topological polar surface area (TPSA) is 124 Å². The number of amides is 1. The van der Waals surface area contributed by atoms with Gasteiger partial charge in [-0.05, 0) is 47.9 Å². The van der Waals surface area contributed by atoms with Crippen molar-refractivity contribution in [3.8, 4) is 5.69 Å². The Labute approximate surface area is 205 Å². The monoisotopic (exact) mass is 492 g/mol. The first-order valence-electron chi connectivity index (χ1n) is 11.4. The highest BCUT2D eigenvalue weighted by molar-refractivity contribution is 7.89. The second-order valence-corrected chi connectivity index (χ2v) is 10.0. The molecule has 0 unspecified atom stereocenters. The number of sulfonamides is 1. The summed E-state index contributed by atoms with van der Waals surface area (Å²) in [6.07, 6.45) is 4.57. The summed E-state index contributed by atoms with van der Waals surface area (Å²) in [5, 5.41) is 9.71. The minimum atomic E-state index is -3.82. The summed E-state index contributed by atoms with van der Waals surface area (Å²) < 4.78 is 24.8. The lowest BCUT2D eigenvalue weighted by Gasteiger charge is -2.14. The first-order chi connectivity index (χ1) is 16.7. The standard InChI is InChI=1S/C25H28N6O3S/c1-3-7-19-14-20(27-16-19)17-30(2)25(32)24-28-23(15-18-8-5-4-6-9-18)31(29-24)21-10-12-22(13-11-21)35(26,33)34/h4-6,8-14H,3,7,15-17H2,1-2H3,(H2,26,33,34). The SMILES string of the molecule is CCCC1=CC(CN(C)C(=O)c2nc(Cc3ccccc3)n(-c3ccc(S(N)(=O)=O)cc3)n2)=NC1. The maximum atomic E-state index is 13.2. The molecular formula is C25H28N6O3S. The van der Waals surface area contributed by atoms with E-state index in [4.69, 9.17) is 5.14 Å². The molecule has 2 N–H and O–H groups in total. The number of aromatic nitrogens is 3. The zero-order valence-electron chi connectivity index (χ0n) is 19.8. The van der Waals surface area contributed by atoms with Gasteiger partial charge < -0.3 is 4.90 Å². The molecule has 0 saturated heterocycles. The van der Waals surface area contributed by atoms with E-state index in [1.165, 1.54) is 17.7 Å². The van der Waals surface area contributed by atoms with Gasteiger partial charge >= 0.3 is 0 Å². The number of primary sulfonamides is 1. The van der Waals surface area contributed by atoms with Crippen molar-refractivity contribution in [3.05, 3.63) is 83.5 Å². The maximum absolute atomic E-state index is 13.2. The number of hydrogen-bond acceptors (Lipinski definition) is 6. The Bertz CT molecular complexity index is 1380. The molecule has 0 atom stereocenters. The third kappa shape index (κ3) is 5.90. The van der Waals surface area contributed by atoms with Crippen molar-refractivity contribution in [3.63, 3.8) is 0 Å². The Morgan fingerprint density at radius 2 is 1.83 bits per heavy atom. The van der Waals surface area contributed by atoms with Crippen molar-refractivity contribution < 1.29 is 13.2 Å². The van der Waals surface area contributed by atoms with E-state index in [1.54, 1.807) is 28.8 Å². The summed E-state index contributed by atoms with van der Waals surface area (Å²) in [4.78, 5) is 23.8. The molecule has 1 aromatic heterocycles. The highest BCUT2D eigenvalue weighted by Crippen LogP contribution is 2.18. The number of nitrogens with zero attached hydrogens (tertiary/aromatic N) is 5. The van der Waals surface area contributed by atoms with Crippen LogP contribution in [0.15, 0.2) is 76.1 Å². The van der Waals surface area contributed by atoms with Gasteiger partial charge in [0.05, 0.1) is 29.4 Å². The summed E-state index contributed by atoms with van der Waals surface area (Å²) in [6, 6.07) is 15.7. The second-order valence-electron chi connectivity index (χ2n) is 8.49. The highest BCUT2D eigenvalue weighted by Gasteiger charge is 2.22. The zero-order valence-corrected chi connectivity index (χ0v) is 20.6. The van der Waals surface area contributed by atoms with E-state index in [0.717, 1.165) is 24.1 Å². The molecule has 0 fully saturated rings. The van der Waals surface area contributed by atoms with Crippen LogP contribution < -0.4 is 5.14 Å². The first kappa shape index (κ1) is 24.5. The quantitative estimate of drug-likeness (QED) is 0.492. The van der Waals surface area contributed by atoms with Crippen LogP contribution in [0.1, 0.15) is 41.8 Å². The zero-order chi connectivity index (χ0) is 25.0. The predicted molar refractivity (Wildman–Crippen MR) is 134 cm³/mol. The highest BCUT2D eigenvalue weighted by atomic mass is 32.2. The van der Waals surface area contributed by atoms with E-state index in [9.17, 15) is 13.2 Å². The summed E-state index contributed by atoms with van der Waals surface area (Å²) in [6.45, 7) is 3.19. The van der Waals surface area contributed by atoms with E-state index in [0.29, 0.717) is 31.0 Å². The van der Waals surface area contributed by atoms with E-state index >= 15 is 0 Å². The van der Waals surface area contributed by atoms with Crippen molar-refractivity contribution in [1.29, 1.82) is 0 Å². The number of rotatable bonds is 9. The van der Waals surface area contributed by atoms with E-state index in [2.05, 4.69) is 28.1 Å². The second kappa shape index (κ2) is 10.3. The average molecular weight is 493 g/mol. The maximum Gasteiger partial charge on any atom is 0.293 e. The van der Waals surface area contributed by atoms with Gasteiger partial charge in [-0.1, -0.05) is 43.7 Å². The minimum absolute atomic E-state index is 0.00477. The van der Waals surface area contributed by atoms with Crippen molar-refractivity contribution >= 4 is 21.6 Å². The average Bonchev–Trinajstić information content (AvgIpc) is 3.46. The van der Waals surface area contributed by atoms with Crippen LogP contribution in [0.2, 0.25) is 0 Å². The fourth-order valence-electron chi connectivity index (χ4n) is 3.90. The minimum Gasteiger partial charge on any atom is -0.333 e. The lowest BCUT2D eigenvalue weighted by Crippen LogP contribution is -2.32. The normalized spacial score (nSPS) is 13.5. The molecule has 9 nitrogen and oxygen atoms in total. The van der Waals surface area contributed by atoms with Gasteiger partial charge in [0.15, 0.2) is 0 Å².